The maximum atomic E-state index is 5.46. The number of methoxy groups -OCH3 is 1. The summed E-state index contributed by atoms with van der Waals surface area (Å²) < 4.78 is 10.8. The van der Waals surface area contributed by atoms with Gasteiger partial charge in [-0.2, -0.15) is 0 Å². The minimum absolute atomic E-state index is 0. The van der Waals surface area contributed by atoms with E-state index in [1.54, 1.807) is 13.4 Å². The van der Waals surface area contributed by atoms with Crippen molar-refractivity contribution in [2.24, 2.45) is 0 Å². The molecule has 1 aliphatic rings. The maximum absolute atomic E-state index is 5.46. The summed E-state index contributed by atoms with van der Waals surface area (Å²) >= 11 is 0. The lowest BCUT2D eigenvalue weighted by atomic mass is 9.82. The molecule has 0 saturated carbocycles. The molecule has 24 heavy (non-hydrogen) atoms. The van der Waals surface area contributed by atoms with Crippen molar-refractivity contribution in [2.45, 2.75) is 38.5 Å². The third kappa shape index (κ3) is 4.55. The van der Waals surface area contributed by atoms with E-state index in [1.165, 1.54) is 30.4 Å². The Balaban J connectivity index is 0.00000208. The Bertz CT molecular complexity index is 612. The van der Waals surface area contributed by atoms with Gasteiger partial charge in [0.25, 0.3) is 0 Å². The van der Waals surface area contributed by atoms with Crippen molar-refractivity contribution in [3.63, 3.8) is 0 Å². The van der Waals surface area contributed by atoms with Crippen LogP contribution in [0.15, 0.2) is 41.0 Å². The molecule has 1 aromatic heterocycles. The number of aryl methyl sites for hydroxylation is 1. The number of nitrogens with zero attached hydrogens (tertiary/aromatic N) is 1. The molecule has 3 nitrogen and oxygen atoms in total. The minimum atomic E-state index is 0. The maximum Gasteiger partial charge on any atom is 0.119 e. The zero-order valence-electron chi connectivity index (χ0n) is 14.7. The second-order valence-electron chi connectivity index (χ2n) is 6.38. The van der Waals surface area contributed by atoms with Gasteiger partial charge in [-0.05, 0) is 67.1 Å². The average Bonchev–Trinajstić information content (AvgIpc) is 3.11. The molecule has 0 N–H and O–H groups in total. The second kappa shape index (κ2) is 9.14. The van der Waals surface area contributed by atoms with Gasteiger partial charge in [-0.15, -0.1) is 12.4 Å². The molecule has 2 aromatic rings. The van der Waals surface area contributed by atoms with Crippen molar-refractivity contribution in [3.05, 3.63) is 53.5 Å². The van der Waals surface area contributed by atoms with Crippen molar-refractivity contribution in [1.82, 2.24) is 4.90 Å². The Labute approximate surface area is 151 Å². The van der Waals surface area contributed by atoms with Crippen molar-refractivity contribution < 1.29 is 9.15 Å². The molecule has 3 rings (SSSR count). The van der Waals surface area contributed by atoms with Crippen LogP contribution < -0.4 is 4.74 Å². The number of rotatable bonds is 7. The molecule has 0 aliphatic heterocycles. The van der Waals surface area contributed by atoms with Crippen LogP contribution in [-0.2, 0) is 12.8 Å². The van der Waals surface area contributed by atoms with Crippen LogP contribution in [0.25, 0.3) is 0 Å². The molecule has 1 atom stereocenters. The van der Waals surface area contributed by atoms with E-state index in [1.807, 2.05) is 6.07 Å². The van der Waals surface area contributed by atoms with Gasteiger partial charge < -0.3 is 14.1 Å². The zero-order valence-corrected chi connectivity index (χ0v) is 15.5. The fourth-order valence-electron chi connectivity index (χ4n) is 3.62. The first-order valence-electron chi connectivity index (χ1n) is 8.71. The van der Waals surface area contributed by atoms with E-state index in [0.29, 0.717) is 5.92 Å². The van der Waals surface area contributed by atoms with Gasteiger partial charge in [0.15, 0.2) is 0 Å². The molecule has 0 bridgehead atoms. The van der Waals surface area contributed by atoms with Crippen LogP contribution in [0.5, 0.6) is 5.75 Å². The highest BCUT2D eigenvalue weighted by Crippen LogP contribution is 2.34. The summed E-state index contributed by atoms with van der Waals surface area (Å²) in [6.45, 7) is 5.53. The Morgan fingerprint density at radius 3 is 2.88 bits per heavy atom. The quantitative estimate of drug-likeness (QED) is 0.724. The SMILES string of the molecule is CCN(CCc1ccco1)CC1CCCc2cc(OC)ccc21.Cl. The van der Waals surface area contributed by atoms with E-state index in [0.717, 1.165) is 37.6 Å². The largest absolute Gasteiger partial charge is 0.497 e. The Hall–Kier alpha value is -1.45. The predicted molar refractivity (Wildman–Crippen MR) is 100 cm³/mol. The Morgan fingerprint density at radius 2 is 2.17 bits per heavy atom. The second-order valence-corrected chi connectivity index (χ2v) is 6.38. The van der Waals surface area contributed by atoms with Gasteiger partial charge in [0.2, 0.25) is 0 Å². The Morgan fingerprint density at radius 1 is 1.29 bits per heavy atom. The fourth-order valence-corrected chi connectivity index (χ4v) is 3.62. The summed E-state index contributed by atoms with van der Waals surface area (Å²) in [7, 11) is 1.75. The molecule has 1 aliphatic carbocycles. The Kier molecular flexibility index (Phi) is 7.19. The molecule has 1 heterocycles. The van der Waals surface area contributed by atoms with E-state index < -0.39 is 0 Å². The summed E-state index contributed by atoms with van der Waals surface area (Å²) in [6, 6.07) is 10.6. The van der Waals surface area contributed by atoms with E-state index in [-0.39, 0.29) is 12.4 Å². The summed E-state index contributed by atoms with van der Waals surface area (Å²) in [5, 5.41) is 0. The van der Waals surface area contributed by atoms with Crippen molar-refractivity contribution >= 4 is 12.4 Å². The van der Waals surface area contributed by atoms with Gasteiger partial charge in [-0.3, -0.25) is 0 Å². The molecular weight excluding hydrogens is 322 g/mol. The third-order valence-corrected chi connectivity index (χ3v) is 4.97. The van der Waals surface area contributed by atoms with Crippen LogP contribution in [0, 0.1) is 0 Å². The van der Waals surface area contributed by atoms with Crippen molar-refractivity contribution in [1.29, 1.82) is 0 Å². The van der Waals surface area contributed by atoms with Gasteiger partial charge in [-0.25, -0.2) is 0 Å². The van der Waals surface area contributed by atoms with Crippen molar-refractivity contribution in [3.8, 4) is 5.75 Å². The summed E-state index contributed by atoms with van der Waals surface area (Å²) in [5.41, 5.74) is 3.00. The van der Waals surface area contributed by atoms with E-state index in [4.69, 9.17) is 9.15 Å². The number of furan rings is 1. The summed E-state index contributed by atoms with van der Waals surface area (Å²) in [4.78, 5) is 2.55. The van der Waals surface area contributed by atoms with Gasteiger partial charge in [0.1, 0.15) is 11.5 Å². The normalized spacial score (nSPS) is 16.5. The van der Waals surface area contributed by atoms with Crippen LogP contribution >= 0.6 is 12.4 Å². The predicted octanol–water partition coefficient (Wildman–Crippen LogP) is 4.69. The van der Waals surface area contributed by atoms with Gasteiger partial charge in [0, 0.05) is 19.5 Å². The van der Waals surface area contributed by atoms with E-state index in [2.05, 4.69) is 36.1 Å². The highest BCUT2D eigenvalue weighted by Gasteiger charge is 2.22. The molecular formula is C20H28ClNO2. The number of benzene rings is 1. The first kappa shape index (κ1) is 18.9. The number of ether oxygens (including phenoxy) is 1. The lowest BCUT2D eigenvalue weighted by Gasteiger charge is -2.31. The number of likely N-dealkylation sites (N-methyl/N-ethyl adjacent to an activating group) is 1. The van der Waals surface area contributed by atoms with E-state index in [9.17, 15) is 0 Å². The monoisotopic (exact) mass is 349 g/mol. The number of fused-ring (bicyclic) bond motifs is 1. The van der Waals surface area contributed by atoms with Crippen LogP contribution in [0.4, 0.5) is 0 Å². The molecule has 4 heteroatoms. The molecule has 0 fully saturated rings. The van der Waals surface area contributed by atoms with Crippen LogP contribution in [0.3, 0.4) is 0 Å². The topological polar surface area (TPSA) is 25.6 Å². The molecule has 1 aromatic carbocycles. The zero-order chi connectivity index (χ0) is 16.1. The van der Waals surface area contributed by atoms with Crippen molar-refractivity contribution in [2.75, 3.05) is 26.7 Å². The molecule has 0 amide bonds. The molecule has 0 radical (unpaired) electrons. The lowest BCUT2D eigenvalue weighted by Crippen LogP contribution is -2.31. The number of hydrogen-bond donors (Lipinski definition) is 0. The molecule has 0 saturated heterocycles. The average molecular weight is 350 g/mol. The van der Waals surface area contributed by atoms with Crippen LogP contribution in [0.2, 0.25) is 0 Å². The van der Waals surface area contributed by atoms with Gasteiger partial charge >= 0.3 is 0 Å². The number of halogens is 1. The minimum Gasteiger partial charge on any atom is -0.497 e. The third-order valence-electron chi connectivity index (χ3n) is 4.97. The molecule has 132 valence electrons. The van der Waals surface area contributed by atoms with Crippen LogP contribution in [-0.4, -0.2) is 31.6 Å². The van der Waals surface area contributed by atoms with Crippen LogP contribution in [0.1, 0.15) is 42.6 Å². The highest BCUT2D eigenvalue weighted by molar-refractivity contribution is 5.85. The first-order valence-corrected chi connectivity index (χ1v) is 8.71. The summed E-state index contributed by atoms with van der Waals surface area (Å²) in [6.07, 6.45) is 6.50. The first-order chi connectivity index (χ1) is 11.3. The van der Waals surface area contributed by atoms with Gasteiger partial charge in [-0.1, -0.05) is 13.0 Å². The van der Waals surface area contributed by atoms with Gasteiger partial charge in [0.05, 0.1) is 13.4 Å². The summed E-state index contributed by atoms with van der Waals surface area (Å²) in [5.74, 6) is 2.70. The van der Waals surface area contributed by atoms with E-state index >= 15 is 0 Å². The fraction of sp³-hybridized carbons (Fsp3) is 0.500. The standard InChI is InChI=1S/C20H27NO2.ClH/c1-3-21(12-11-18-8-5-13-23-18)15-17-7-4-6-16-14-19(22-2)9-10-20(16)17;/h5,8-10,13-14,17H,3-4,6-7,11-12,15H2,1-2H3;1H. The smallest absolute Gasteiger partial charge is 0.119 e. The molecule has 1 unspecified atom stereocenters. The lowest BCUT2D eigenvalue weighted by molar-refractivity contribution is 0.257. The molecule has 0 spiro atoms. The highest BCUT2D eigenvalue weighted by atomic mass is 35.5. The number of hydrogen-bond acceptors (Lipinski definition) is 3.